The van der Waals surface area contributed by atoms with Crippen LogP contribution in [0.1, 0.15) is 43.9 Å². The molecule has 1 aliphatic heterocycles. The van der Waals surface area contributed by atoms with Gasteiger partial charge in [0.15, 0.2) is 17.6 Å². The van der Waals surface area contributed by atoms with E-state index in [-0.39, 0.29) is 29.9 Å². The number of rotatable bonds is 10. The summed E-state index contributed by atoms with van der Waals surface area (Å²) in [5.74, 6) is -0.868. The fourth-order valence-electron chi connectivity index (χ4n) is 3.82. The van der Waals surface area contributed by atoms with Gasteiger partial charge in [-0.2, -0.15) is 0 Å². The number of carbonyl (C=O) groups is 1. The zero-order valence-electron chi connectivity index (χ0n) is 19.9. The van der Waals surface area contributed by atoms with Gasteiger partial charge in [-0.15, -0.1) is 0 Å². The number of piperidine rings is 1. The van der Waals surface area contributed by atoms with Gasteiger partial charge in [-0.25, -0.2) is 9.18 Å². The summed E-state index contributed by atoms with van der Waals surface area (Å²) < 4.78 is 32.7. The number of nitrogens with one attached hydrogen (secondary N) is 2. The number of amidine groups is 1. The number of halogens is 1. The van der Waals surface area contributed by atoms with E-state index in [1.807, 2.05) is 14.0 Å². The molecule has 34 heavy (non-hydrogen) atoms. The van der Waals surface area contributed by atoms with Gasteiger partial charge in [0.1, 0.15) is 17.7 Å². The molecule has 4 N–H and O–H groups in total. The number of nitrogens with zero attached hydrogens (tertiary/aromatic N) is 1. The summed E-state index contributed by atoms with van der Waals surface area (Å²) in [7, 11) is 2.04. The quantitative estimate of drug-likeness (QED) is 0.275. The highest BCUT2D eigenvalue weighted by Gasteiger charge is 2.29. The first-order valence-corrected chi connectivity index (χ1v) is 11.5. The van der Waals surface area contributed by atoms with Gasteiger partial charge < -0.3 is 30.2 Å². The topological polar surface area (TPSA) is 110 Å². The smallest absolute Gasteiger partial charge is 0.333 e. The molecule has 0 radical (unpaired) electrons. The summed E-state index contributed by atoms with van der Waals surface area (Å²) in [6.07, 6.45) is 1.45. The second kappa shape index (κ2) is 11.7. The third-order valence-electron chi connectivity index (χ3n) is 5.65. The van der Waals surface area contributed by atoms with Gasteiger partial charge in [0.2, 0.25) is 0 Å². The fraction of sp³-hybridized carbons (Fsp3) is 0.440. The monoisotopic (exact) mass is 472 g/mol. The van der Waals surface area contributed by atoms with Crippen LogP contribution in [0.25, 0.3) is 0 Å². The molecule has 1 heterocycles. The number of carbonyl (C=O) groups excluding carboxylic acids is 1. The summed E-state index contributed by atoms with van der Waals surface area (Å²) in [5, 5.41) is 10.6. The molecule has 2 aromatic carbocycles. The molecule has 0 bridgehead atoms. The average molecular weight is 473 g/mol. The predicted octanol–water partition coefficient (Wildman–Crippen LogP) is 3.70. The van der Waals surface area contributed by atoms with Crippen molar-refractivity contribution in [2.45, 2.75) is 38.8 Å². The van der Waals surface area contributed by atoms with Gasteiger partial charge in [-0.1, -0.05) is 0 Å². The predicted molar refractivity (Wildman–Crippen MR) is 129 cm³/mol. The molecule has 0 aromatic heterocycles. The zero-order chi connectivity index (χ0) is 24.7. The standard InChI is InChI=1S/C25H33FN4O4/c1-4-32-19-14-20(22(26)21(15-19)34-18-10-12-30(3)13-11-18)23(25(31)33-5-2)29-17-8-6-16(7-9-17)24(27)28/h6-9,14-15,18,23,29H,4-5,10-13H2,1-3H3,(H3,27,28). The zero-order valence-corrected chi connectivity index (χ0v) is 19.9. The molecular weight excluding hydrogens is 439 g/mol. The highest BCUT2D eigenvalue weighted by Crippen LogP contribution is 2.35. The van der Waals surface area contributed by atoms with E-state index < -0.39 is 17.8 Å². The van der Waals surface area contributed by atoms with E-state index in [4.69, 9.17) is 25.4 Å². The second-order valence-corrected chi connectivity index (χ2v) is 8.20. The van der Waals surface area contributed by atoms with Crippen molar-refractivity contribution >= 4 is 17.5 Å². The Morgan fingerprint density at radius 2 is 1.88 bits per heavy atom. The first-order chi connectivity index (χ1) is 16.3. The van der Waals surface area contributed by atoms with Gasteiger partial charge in [0.25, 0.3) is 0 Å². The van der Waals surface area contributed by atoms with Crippen molar-refractivity contribution in [3.8, 4) is 11.5 Å². The van der Waals surface area contributed by atoms with Crippen molar-refractivity contribution in [1.82, 2.24) is 4.90 Å². The second-order valence-electron chi connectivity index (χ2n) is 8.20. The number of likely N-dealkylation sites (tertiary alicyclic amines) is 1. The van der Waals surface area contributed by atoms with Crippen LogP contribution < -0.4 is 20.5 Å². The van der Waals surface area contributed by atoms with Crippen LogP contribution >= 0.6 is 0 Å². The molecule has 9 heteroatoms. The van der Waals surface area contributed by atoms with Crippen molar-refractivity contribution in [3.63, 3.8) is 0 Å². The van der Waals surface area contributed by atoms with E-state index in [0.717, 1.165) is 25.9 Å². The Bertz CT molecular complexity index is 991. The summed E-state index contributed by atoms with van der Waals surface area (Å²) >= 11 is 0. The summed E-state index contributed by atoms with van der Waals surface area (Å²) in [6, 6.07) is 8.53. The maximum absolute atomic E-state index is 15.8. The molecule has 1 fully saturated rings. The SMILES string of the molecule is CCOC(=O)C(Nc1ccc(C(=N)N)cc1)c1cc(OCC)cc(OC2CCN(C)CC2)c1F. The fourth-order valence-corrected chi connectivity index (χ4v) is 3.82. The van der Waals surface area contributed by atoms with E-state index in [9.17, 15) is 4.79 Å². The maximum atomic E-state index is 15.8. The minimum atomic E-state index is -1.14. The third-order valence-corrected chi connectivity index (χ3v) is 5.65. The molecule has 184 valence electrons. The first kappa shape index (κ1) is 25.3. The molecule has 0 saturated carbocycles. The molecule has 3 rings (SSSR count). The summed E-state index contributed by atoms with van der Waals surface area (Å²) in [4.78, 5) is 15.1. The van der Waals surface area contributed by atoms with Gasteiger partial charge in [0.05, 0.1) is 13.2 Å². The van der Waals surface area contributed by atoms with Gasteiger partial charge in [0, 0.05) is 36.0 Å². The molecular formula is C25H33FN4O4. The Kier molecular flexibility index (Phi) is 8.70. The normalized spacial score (nSPS) is 15.4. The third kappa shape index (κ3) is 6.38. The lowest BCUT2D eigenvalue weighted by atomic mass is 10.0. The average Bonchev–Trinajstić information content (AvgIpc) is 2.81. The number of benzene rings is 2. The van der Waals surface area contributed by atoms with Crippen molar-refractivity contribution in [3.05, 3.63) is 53.3 Å². The highest BCUT2D eigenvalue weighted by molar-refractivity contribution is 5.95. The Morgan fingerprint density at radius 1 is 1.21 bits per heavy atom. The van der Waals surface area contributed by atoms with Crippen LogP contribution in [-0.4, -0.2) is 56.2 Å². The Balaban J connectivity index is 1.96. The van der Waals surface area contributed by atoms with Crippen LogP contribution in [0.3, 0.4) is 0 Å². The van der Waals surface area contributed by atoms with Gasteiger partial charge in [-0.05, 0) is 64.1 Å². The molecule has 1 unspecified atom stereocenters. The summed E-state index contributed by atoms with van der Waals surface area (Å²) in [5.41, 5.74) is 6.67. The number of nitrogens with two attached hydrogens (primary N) is 1. The van der Waals surface area contributed by atoms with E-state index in [1.165, 1.54) is 12.1 Å². The highest BCUT2D eigenvalue weighted by atomic mass is 19.1. The van der Waals surface area contributed by atoms with Gasteiger partial charge in [-0.3, -0.25) is 5.41 Å². The van der Waals surface area contributed by atoms with E-state index in [2.05, 4.69) is 10.2 Å². The van der Waals surface area contributed by atoms with Crippen molar-refractivity contribution in [2.24, 2.45) is 5.73 Å². The van der Waals surface area contributed by atoms with Gasteiger partial charge >= 0.3 is 5.97 Å². The number of hydrogen-bond acceptors (Lipinski definition) is 7. The molecule has 1 atom stereocenters. The number of esters is 1. The lowest BCUT2D eigenvalue weighted by Crippen LogP contribution is -2.36. The van der Waals surface area contributed by atoms with Crippen molar-refractivity contribution in [1.29, 1.82) is 5.41 Å². The molecule has 1 saturated heterocycles. The molecule has 0 aliphatic carbocycles. The lowest BCUT2D eigenvalue weighted by molar-refractivity contribution is -0.144. The Labute approximate surface area is 199 Å². The van der Waals surface area contributed by atoms with E-state index in [1.54, 1.807) is 31.2 Å². The largest absolute Gasteiger partial charge is 0.494 e. The Morgan fingerprint density at radius 3 is 2.47 bits per heavy atom. The molecule has 8 nitrogen and oxygen atoms in total. The van der Waals surface area contributed by atoms with Crippen LogP contribution in [0.4, 0.5) is 10.1 Å². The maximum Gasteiger partial charge on any atom is 0.333 e. The molecule has 2 aromatic rings. The minimum absolute atomic E-state index is 0.0542. The van der Waals surface area contributed by atoms with Crippen LogP contribution in [0, 0.1) is 11.2 Å². The van der Waals surface area contributed by atoms with Crippen LogP contribution in [0.2, 0.25) is 0 Å². The summed E-state index contributed by atoms with van der Waals surface area (Å²) in [6.45, 7) is 5.78. The van der Waals surface area contributed by atoms with Crippen LogP contribution in [0.15, 0.2) is 36.4 Å². The van der Waals surface area contributed by atoms with Crippen LogP contribution in [0.5, 0.6) is 11.5 Å². The van der Waals surface area contributed by atoms with Crippen molar-refractivity contribution in [2.75, 3.05) is 38.7 Å². The number of nitrogen functional groups attached to an aromatic ring is 1. The number of ether oxygens (including phenoxy) is 3. The minimum Gasteiger partial charge on any atom is -0.494 e. The van der Waals surface area contributed by atoms with Crippen molar-refractivity contribution < 1.29 is 23.4 Å². The van der Waals surface area contributed by atoms with Crippen LogP contribution in [-0.2, 0) is 9.53 Å². The number of hydrogen-bond donors (Lipinski definition) is 3. The van der Waals surface area contributed by atoms with E-state index in [0.29, 0.717) is 23.6 Å². The Hall–Kier alpha value is -3.33. The lowest BCUT2D eigenvalue weighted by Gasteiger charge is -2.30. The first-order valence-electron chi connectivity index (χ1n) is 11.5. The number of anilines is 1. The molecule has 1 aliphatic rings. The molecule has 0 amide bonds. The molecule has 0 spiro atoms. The van der Waals surface area contributed by atoms with E-state index >= 15 is 4.39 Å².